The lowest BCUT2D eigenvalue weighted by Gasteiger charge is -2.09. The molecule has 0 aliphatic heterocycles. The summed E-state index contributed by atoms with van der Waals surface area (Å²) in [6.45, 7) is 0. The Morgan fingerprint density at radius 1 is 1.23 bits per heavy atom. The topological polar surface area (TPSA) is 29.1 Å². The quantitative estimate of drug-likeness (QED) is 0.694. The maximum atomic E-state index is 11.2. The van der Waals surface area contributed by atoms with Crippen LogP contribution in [0.1, 0.15) is 10.4 Å². The molecule has 0 bridgehead atoms. The molecule has 2 nitrogen and oxygen atoms in total. The monoisotopic (exact) mass is 197 g/mol. The van der Waals surface area contributed by atoms with E-state index in [0.29, 0.717) is 0 Å². The number of amides is 1. The molecule has 0 saturated carbocycles. The third-order valence-corrected chi connectivity index (χ3v) is 3.20. The summed E-state index contributed by atoms with van der Waals surface area (Å²) in [5.41, 5.74) is 0.725. The number of hydrogen-bond donors (Lipinski definition) is 2. The van der Waals surface area contributed by atoms with Gasteiger partial charge in [0.15, 0.2) is 0 Å². The van der Waals surface area contributed by atoms with Crippen LogP contribution in [0, 0.1) is 0 Å². The van der Waals surface area contributed by atoms with Gasteiger partial charge in [-0.2, -0.15) is 0 Å². The van der Waals surface area contributed by atoms with E-state index in [1.165, 1.54) is 4.90 Å². The summed E-state index contributed by atoms with van der Waals surface area (Å²) in [5.74, 6) is -0.0249. The lowest BCUT2D eigenvalue weighted by atomic mass is 10.2. The van der Waals surface area contributed by atoms with Crippen molar-refractivity contribution in [2.75, 3.05) is 19.6 Å². The van der Waals surface area contributed by atoms with Crippen LogP contribution in [0.15, 0.2) is 29.2 Å². The predicted octanol–water partition coefficient (Wildman–Crippen LogP) is 1.67. The van der Waals surface area contributed by atoms with Crippen LogP contribution >= 0.6 is 10.9 Å². The molecule has 0 aromatic heterocycles. The Morgan fingerprint density at radius 3 is 2.15 bits per heavy atom. The SMILES string of the molecule is CNC(=O)c1ccc([SH](C)C)cc1. The Morgan fingerprint density at radius 2 is 1.77 bits per heavy atom. The average molecular weight is 197 g/mol. The van der Waals surface area contributed by atoms with Gasteiger partial charge in [-0.05, 0) is 41.7 Å². The molecule has 0 aliphatic carbocycles. The molecule has 3 heteroatoms. The van der Waals surface area contributed by atoms with Crippen molar-refractivity contribution in [3.8, 4) is 0 Å². The average Bonchev–Trinajstić information content (AvgIpc) is 2.17. The zero-order chi connectivity index (χ0) is 9.84. The predicted molar refractivity (Wildman–Crippen MR) is 58.9 cm³/mol. The molecular formula is C10H15NOS. The van der Waals surface area contributed by atoms with Crippen molar-refractivity contribution in [3.05, 3.63) is 29.8 Å². The van der Waals surface area contributed by atoms with Gasteiger partial charge in [-0.3, -0.25) is 4.79 Å². The molecule has 1 aromatic carbocycles. The standard InChI is InChI=1S/C10H15NOS/c1-11-10(12)8-4-6-9(7-5-8)13(2)3/h4-7,13H,1-3H3,(H,11,12). The van der Waals surface area contributed by atoms with Gasteiger partial charge in [0.05, 0.1) is 0 Å². The lowest BCUT2D eigenvalue weighted by Crippen LogP contribution is -2.17. The molecule has 72 valence electrons. The largest absolute Gasteiger partial charge is 0.355 e. The second kappa shape index (κ2) is 4.33. The Hall–Kier alpha value is -0.960. The summed E-state index contributed by atoms with van der Waals surface area (Å²) in [6.07, 6.45) is 4.40. The van der Waals surface area contributed by atoms with Crippen LogP contribution < -0.4 is 5.32 Å². The number of carbonyl (C=O) groups excluding carboxylic acids is 1. The summed E-state index contributed by atoms with van der Waals surface area (Å²) < 4.78 is 0. The first-order chi connectivity index (χ1) is 6.15. The zero-order valence-corrected chi connectivity index (χ0v) is 9.06. The number of hydrogen-bond acceptors (Lipinski definition) is 1. The number of carbonyl (C=O) groups is 1. The minimum Gasteiger partial charge on any atom is -0.355 e. The van der Waals surface area contributed by atoms with Crippen LogP contribution in [0.3, 0.4) is 0 Å². The van der Waals surface area contributed by atoms with Crippen LogP contribution in [0.25, 0.3) is 0 Å². The number of rotatable bonds is 2. The van der Waals surface area contributed by atoms with Crippen molar-refractivity contribution in [1.29, 1.82) is 0 Å². The first kappa shape index (κ1) is 10.1. The molecule has 1 rings (SSSR count). The van der Waals surface area contributed by atoms with Gasteiger partial charge in [0, 0.05) is 12.6 Å². The van der Waals surface area contributed by atoms with Crippen molar-refractivity contribution in [2.24, 2.45) is 0 Å². The maximum absolute atomic E-state index is 11.2. The van der Waals surface area contributed by atoms with Crippen molar-refractivity contribution < 1.29 is 4.79 Å². The summed E-state index contributed by atoms with van der Waals surface area (Å²) in [6, 6.07) is 7.79. The minimum atomic E-state index is -0.0632. The van der Waals surface area contributed by atoms with E-state index in [4.69, 9.17) is 0 Å². The number of benzene rings is 1. The third-order valence-electron chi connectivity index (χ3n) is 1.87. The highest BCUT2D eigenvalue weighted by atomic mass is 32.2. The molecule has 0 spiro atoms. The molecule has 0 saturated heterocycles. The summed E-state index contributed by atoms with van der Waals surface area (Å²) >= 11 is 0. The minimum absolute atomic E-state index is 0.0249. The molecule has 1 amide bonds. The highest BCUT2D eigenvalue weighted by molar-refractivity contribution is 8.15. The highest BCUT2D eigenvalue weighted by Gasteiger charge is 2.02. The fourth-order valence-electron chi connectivity index (χ4n) is 1.06. The molecular weight excluding hydrogens is 182 g/mol. The van der Waals surface area contributed by atoms with Crippen molar-refractivity contribution >= 4 is 16.8 Å². The van der Waals surface area contributed by atoms with E-state index in [1.807, 2.05) is 24.3 Å². The Kier molecular flexibility index (Phi) is 3.37. The molecule has 0 radical (unpaired) electrons. The van der Waals surface area contributed by atoms with Gasteiger partial charge >= 0.3 is 0 Å². The fraction of sp³-hybridized carbons (Fsp3) is 0.300. The van der Waals surface area contributed by atoms with Crippen molar-refractivity contribution in [2.45, 2.75) is 4.90 Å². The van der Waals surface area contributed by atoms with Gasteiger partial charge in [-0.1, -0.05) is 0 Å². The van der Waals surface area contributed by atoms with E-state index in [2.05, 4.69) is 17.8 Å². The first-order valence-electron chi connectivity index (χ1n) is 4.14. The number of thiol groups is 1. The molecule has 0 atom stereocenters. The van der Waals surface area contributed by atoms with Crippen LogP contribution in [-0.4, -0.2) is 25.5 Å². The van der Waals surface area contributed by atoms with Gasteiger partial charge in [0.25, 0.3) is 5.91 Å². The van der Waals surface area contributed by atoms with Gasteiger partial charge in [0.2, 0.25) is 0 Å². The zero-order valence-electron chi connectivity index (χ0n) is 8.16. The smallest absolute Gasteiger partial charge is 0.251 e. The van der Waals surface area contributed by atoms with E-state index >= 15 is 0 Å². The van der Waals surface area contributed by atoms with E-state index in [0.717, 1.165) is 5.56 Å². The fourth-order valence-corrected chi connectivity index (χ4v) is 1.80. The molecule has 0 fully saturated rings. The van der Waals surface area contributed by atoms with Crippen molar-refractivity contribution in [3.63, 3.8) is 0 Å². The third kappa shape index (κ3) is 2.49. The van der Waals surface area contributed by atoms with E-state index in [1.54, 1.807) is 7.05 Å². The normalized spacial score (nSPS) is 10.8. The number of nitrogens with one attached hydrogen (secondary N) is 1. The Bertz CT molecular complexity index is 292. The Labute approximate surface area is 81.7 Å². The molecule has 0 heterocycles. The van der Waals surface area contributed by atoms with Gasteiger partial charge < -0.3 is 5.32 Å². The molecule has 0 aliphatic rings. The van der Waals surface area contributed by atoms with Gasteiger partial charge in [-0.15, -0.1) is 0 Å². The lowest BCUT2D eigenvalue weighted by molar-refractivity contribution is 0.0963. The summed E-state index contributed by atoms with van der Waals surface area (Å²) in [4.78, 5) is 12.5. The van der Waals surface area contributed by atoms with E-state index in [9.17, 15) is 4.79 Å². The van der Waals surface area contributed by atoms with Crippen LogP contribution in [-0.2, 0) is 0 Å². The molecule has 1 aromatic rings. The van der Waals surface area contributed by atoms with Crippen LogP contribution in [0.5, 0.6) is 0 Å². The van der Waals surface area contributed by atoms with Gasteiger partial charge in [-0.25, -0.2) is 10.9 Å². The highest BCUT2D eigenvalue weighted by Crippen LogP contribution is 2.27. The van der Waals surface area contributed by atoms with Gasteiger partial charge in [0.1, 0.15) is 0 Å². The molecule has 13 heavy (non-hydrogen) atoms. The first-order valence-corrected chi connectivity index (χ1v) is 6.38. The van der Waals surface area contributed by atoms with Crippen LogP contribution in [0.4, 0.5) is 0 Å². The maximum Gasteiger partial charge on any atom is 0.251 e. The second-order valence-electron chi connectivity index (χ2n) is 3.02. The Balaban J connectivity index is 2.87. The van der Waals surface area contributed by atoms with Crippen LogP contribution in [0.2, 0.25) is 0 Å². The summed E-state index contributed by atoms with van der Waals surface area (Å²) in [7, 11) is 1.58. The summed E-state index contributed by atoms with van der Waals surface area (Å²) in [5, 5.41) is 2.60. The van der Waals surface area contributed by atoms with E-state index < -0.39 is 0 Å². The second-order valence-corrected chi connectivity index (χ2v) is 5.33. The molecule has 0 unspecified atom stereocenters. The molecule has 1 N–H and O–H groups in total. The van der Waals surface area contributed by atoms with E-state index in [-0.39, 0.29) is 16.8 Å². The van der Waals surface area contributed by atoms with Crippen molar-refractivity contribution in [1.82, 2.24) is 5.32 Å².